The first kappa shape index (κ1) is 16.4. The van der Waals surface area contributed by atoms with E-state index in [9.17, 15) is 4.79 Å². The molecule has 2 aromatic heterocycles. The highest BCUT2D eigenvalue weighted by Crippen LogP contribution is 2.20. The van der Waals surface area contributed by atoms with Crippen molar-refractivity contribution in [1.82, 2.24) is 24.9 Å². The van der Waals surface area contributed by atoms with Crippen molar-refractivity contribution in [2.75, 3.05) is 31.1 Å². The lowest BCUT2D eigenvalue weighted by Crippen LogP contribution is -2.51. The van der Waals surface area contributed by atoms with Gasteiger partial charge in [-0.05, 0) is 25.1 Å². The van der Waals surface area contributed by atoms with Gasteiger partial charge in [0.05, 0.1) is 5.69 Å². The van der Waals surface area contributed by atoms with Gasteiger partial charge in [-0.3, -0.25) is 4.79 Å². The quantitative estimate of drug-likeness (QED) is 0.839. The van der Waals surface area contributed by atoms with E-state index in [4.69, 9.17) is 0 Å². The van der Waals surface area contributed by atoms with Crippen molar-refractivity contribution < 1.29 is 4.79 Å². The van der Waals surface area contributed by atoms with Gasteiger partial charge < -0.3 is 9.80 Å². The first-order valence-electron chi connectivity index (χ1n) is 8.25. The Morgan fingerprint density at radius 3 is 2.12 bits per heavy atom. The smallest absolute Gasteiger partial charge is 0.228 e. The third kappa shape index (κ3) is 3.39. The summed E-state index contributed by atoms with van der Waals surface area (Å²) in [5.41, 5.74) is 0.617. The molecule has 1 aliphatic rings. The number of aryl methyl sites for hydroxylation is 1. The number of piperazine rings is 1. The monoisotopic (exact) mass is 328 g/mol. The lowest BCUT2D eigenvalue weighted by atomic mass is 9.94. The second-order valence-corrected chi connectivity index (χ2v) is 7.18. The maximum atomic E-state index is 12.3. The van der Waals surface area contributed by atoms with Crippen LogP contribution in [-0.2, 0) is 4.79 Å². The van der Waals surface area contributed by atoms with Gasteiger partial charge in [-0.1, -0.05) is 20.8 Å². The molecular formula is C17H24N6O. The molecule has 1 amide bonds. The molecule has 0 saturated carbocycles. The minimum Gasteiger partial charge on any atom is -0.352 e. The summed E-state index contributed by atoms with van der Waals surface area (Å²) < 4.78 is 1.71. The fourth-order valence-corrected chi connectivity index (χ4v) is 2.76. The molecule has 128 valence electrons. The van der Waals surface area contributed by atoms with Crippen LogP contribution in [0.2, 0.25) is 0 Å². The molecule has 0 atom stereocenters. The number of carbonyl (C=O) groups is 1. The Hall–Kier alpha value is -2.44. The summed E-state index contributed by atoms with van der Waals surface area (Å²) >= 11 is 0. The van der Waals surface area contributed by atoms with Crippen molar-refractivity contribution >= 4 is 11.7 Å². The molecule has 0 aliphatic carbocycles. The molecule has 3 rings (SSSR count). The first-order chi connectivity index (χ1) is 11.3. The molecule has 0 radical (unpaired) electrons. The summed E-state index contributed by atoms with van der Waals surface area (Å²) in [6.07, 6.45) is 1.87. The number of carbonyl (C=O) groups excluding carboxylic acids is 1. The van der Waals surface area contributed by atoms with Gasteiger partial charge in [-0.2, -0.15) is 5.10 Å². The van der Waals surface area contributed by atoms with Gasteiger partial charge >= 0.3 is 0 Å². The largest absolute Gasteiger partial charge is 0.352 e. The zero-order chi connectivity index (χ0) is 17.3. The molecule has 7 nitrogen and oxygen atoms in total. The lowest BCUT2D eigenvalue weighted by molar-refractivity contribution is -0.139. The molecule has 1 fully saturated rings. The summed E-state index contributed by atoms with van der Waals surface area (Å²) in [6, 6.07) is 5.81. The highest BCUT2D eigenvalue weighted by Gasteiger charge is 2.30. The average Bonchev–Trinajstić information content (AvgIpc) is 3.00. The van der Waals surface area contributed by atoms with E-state index in [1.54, 1.807) is 4.68 Å². The molecule has 0 bridgehead atoms. The van der Waals surface area contributed by atoms with E-state index in [2.05, 4.69) is 20.2 Å². The summed E-state index contributed by atoms with van der Waals surface area (Å²) in [6.45, 7) is 10.8. The topological polar surface area (TPSA) is 67.2 Å². The standard InChI is InChI=1S/C17H24N6O/c1-13-7-8-23(20-13)15-6-5-14(18-19-15)21-9-11-22(12-10-21)16(24)17(2,3)4/h5-8H,9-12H2,1-4H3. The van der Waals surface area contributed by atoms with Crippen molar-refractivity contribution in [3.05, 3.63) is 30.1 Å². The van der Waals surface area contributed by atoms with Crippen LogP contribution < -0.4 is 4.90 Å². The zero-order valence-electron chi connectivity index (χ0n) is 14.7. The Morgan fingerprint density at radius 2 is 1.62 bits per heavy atom. The molecule has 0 spiro atoms. The molecule has 24 heavy (non-hydrogen) atoms. The summed E-state index contributed by atoms with van der Waals surface area (Å²) in [4.78, 5) is 16.4. The number of hydrogen-bond acceptors (Lipinski definition) is 5. The first-order valence-corrected chi connectivity index (χ1v) is 8.25. The van der Waals surface area contributed by atoms with Gasteiger partial charge in [0, 0.05) is 37.8 Å². The Labute approximate surface area is 142 Å². The van der Waals surface area contributed by atoms with Crippen LogP contribution in [0.15, 0.2) is 24.4 Å². The molecule has 2 aromatic rings. The van der Waals surface area contributed by atoms with E-state index in [1.807, 2.05) is 57.0 Å². The van der Waals surface area contributed by atoms with Crippen LogP contribution in [0.5, 0.6) is 0 Å². The van der Waals surface area contributed by atoms with E-state index < -0.39 is 0 Å². The van der Waals surface area contributed by atoms with Gasteiger partial charge in [-0.25, -0.2) is 4.68 Å². The van der Waals surface area contributed by atoms with Crippen LogP contribution >= 0.6 is 0 Å². The highest BCUT2D eigenvalue weighted by atomic mass is 16.2. The number of hydrogen-bond donors (Lipinski definition) is 0. The van der Waals surface area contributed by atoms with E-state index >= 15 is 0 Å². The molecule has 1 saturated heterocycles. The third-order valence-corrected chi connectivity index (χ3v) is 4.13. The maximum absolute atomic E-state index is 12.3. The van der Waals surface area contributed by atoms with Gasteiger partial charge in [0.1, 0.15) is 0 Å². The van der Waals surface area contributed by atoms with Gasteiger partial charge in [0.2, 0.25) is 5.91 Å². The van der Waals surface area contributed by atoms with Crippen molar-refractivity contribution in [3.8, 4) is 5.82 Å². The average molecular weight is 328 g/mol. The molecular weight excluding hydrogens is 304 g/mol. The van der Waals surface area contributed by atoms with E-state index in [1.165, 1.54) is 0 Å². The summed E-state index contributed by atoms with van der Waals surface area (Å²) in [5.74, 6) is 1.75. The fraction of sp³-hybridized carbons (Fsp3) is 0.529. The SMILES string of the molecule is Cc1ccn(-c2ccc(N3CCN(C(=O)C(C)(C)C)CC3)nn2)n1. The number of anilines is 1. The minimum atomic E-state index is -0.328. The second-order valence-electron chi connectivity index (χ2n) is 7.18. The van der Waals surface area contributed by atoms with Crippen molar-refractivity contribution in [2.45, 2.75) is 27.7 Å². The fourth-order valence-electron chi connectivity index (χ4n) is 2.76. The molecule has 0 aromatic carbocycles. The molecule has 1 aliphatic heterocycles. The number of nitrogens with zero attached hydrogens (tertiary/aromatic N) is 6. The van der Waals surface area contributed by atoms with E-state index in [0.29, 0.717) is 5.82 Å². The molecule has 3 heterocycles. The van der Waals surface area contributed by atoms with Gasteiger partial charge in [-0.15, -0.1) is 10.2 Å². The van der Waals surface area contributed by atoms with Crippen LogP contribution in [-0.4, -0.2) is 57.0 Å². The Kier molecular flexibility index (Phi) is 4.26. The Bertz CT molecular complexity index is 707. The Morgan fingerprint density at radius 1 is 1.00 bits per heavy atom. The molecule has 0 N–H and O–H groups in total. The van der Waals surface area contributed by atoms with Crippen LogP contribution in [0, 0.1) is 12.3 Å². The van der Waals surface area contributed by atoms with E-state index in [0.717, 1.165) is 37.7 Å². The second kappa shape index (κ2) is 6.22. The van der Waals surface area contributed by atoms with Crippen LogP contribution in [0.4, 0.5) is 5.82 Å². The highest BCUT2D eigenvalue weighted by molar-refractivity contribution is 5.81. The molecule has 7 heteroatoms. The van der Waals surface area contributed by atoms with Crippen molar-refractivity contribution in [2.24, 2.45) is 5.41 Å². The third-order valence-electron chi connectivity index (χ3n) is 4.13. The summed E-state index contributed by atoms with van der Waals surface area (Å²) in [7, 11) is 0. The normalized spacial score (nSPS) is 15.7. The van der Waals surface area contributed by atoms with E-state index in [-0.39, 0.29) is 11.3 Å². The van der Waals surface area contributed by atoms with Crippen molar-refractivity contribution in [1.29, 1.82) is 0 Å². The summed E-state index contributed by atoms with van der Waals surface area (Å²) in [5, 5.41) is 12.9. The predicted octanol–water partition coefficient (Wildman–Crippen LogP) is 1.67. The number of aromatic nitrogens is 4. The van der Waals surface area contributed by atoms with Crippen LogP contribution in [0.25, 0.3) is 5.82 Å². The van der Waals surface area contributed by atoms with Crippen molar-refractivity contribution in [3.63, 3.8) is 0 Å². The number of rotatable bonds is 2. The van der Waals surface area contributed by atoms with Crippen LogP contribution in [0.1, 0.15) is 26.5 Å². The van der Waals surface area contributed by atoms with Gasteiger partial charge in [0.15, 0.2) is 11.6 Å². The number of amides is 1. The maximum Gasteiger partial charge on any atom is 0.228 e. The Balaban J connectivity index is 1.64. The van der Waals surface area contributed by atoms with Crippen LogP contribution in [0.3, 0.4) is 0 Å². The zero-order valence-corrected chi connectivity index (χ0v) is 14.7. The molecule has 0 unspecified atom stereocenters. The lowest BCUT2D eigenvalue weighted by Gasteiger charge is -2.37. The van der Waals surface area contributed by atoms with Gasteiger partial charge in [0.25, 0.3) is 0 Å². The minimum absolute atomic E-state index is 0.206. The predicted molar refractivity (Wildman–Crippen MR) is 92.1 cm³/mol.